The monoisotopic (exact) mass is 261 g/mol. The zero-order valence-corrected chi connectivity index (χ0v) is 11.2. The van der Waals surface area contributed by atoms with Crippen molar-refractivity contribution in [2.45, 2.75) is 38.6 Å². The van der Waals surface area contributed by atoms with E-state index in [2.05, 4.69) is 20.1 Å². The van der Waals surface area contributed by atoms with Crippen molar-refractivity contribution in [2.75, 3.05) is 18.1 Å². The molecule has 1 aliphatic carbocycles. The van der Waals surface area contributed by atoms with Crippen LogP contribution < -0.4 is 4.90 Å². The number of aryl methyl sites for hydroxylation is 1. The molecule has 0 unspecified atom stereocenters. The average Bonchev–Trinajstić information content (AvgIpc) is 2.74. The summed E-state index contributed by atoms with van der Waals surface area (Å²) >= 11 is 0. The molecule has 0 radical (unpaired) electrons. The summed E-state index contributed by atoms with van der Waals surface area (Å²) in [7, 11) is 0. The molecule has 2 aromatic heterocycles. The van der Waals surface area contributed by atoms with Crippen LogP contribution in [0.3, 0.4) is 0 Å². The van der Waals surface area contributed by atoms with Crippen LogP contribution in [0.5, 0.6) is 0 Å². The molecule has 0 bridgehead atoms. The van der Waals surface area contributed by atoms with Gasteiger partial charge >= 0.3 is 0 Å². The molecule has 0 aliphatic heterocycles. The Morgan fingerprint density at radius 2 is 2.26 bits per heavy atom. The molecule has 6 heteroatoms. The molecule has 2 aromatic rings. The van der Waals surface area contributed by atoms with Crippen molar-refractivity contribution in [2.24, 2.45) is 0 Å². The quantitative estimate of drug-likeness (QED) is 0.875. The Hall–Kier alpha value is -1.69. The Labute approximate surface area is 112 Å². The molecule has 0 amide bonds. The summed E-state index contributed by atoms with van der Waals surface area (Å²) < 4.78 is 1.97. The highest BCUT2D eigenvalue weighted by Crippen LogP contribution is 2.30. The second kappa shape index (κ2) is 5.13. The highest BCUT2D eigenvalue weighted by atomic mass is 16.3. The molecule has 1 fully saturated rings. The van der Waals surface area contributed by atoms with Crippen LogP contribution in [-0.2, 0) is 0 Å². The SMILES string of the molecule is Cc1nnc2c(N(CCCO)C3CCC3)nccn12. The Kier molecular flexibility index (Phi) is 3.33. The van der Waals surface area contributed by atoms with Crippen molar-refractivity contribution in [3.63, 3.8) is 0 Å². The van der Waals surface area contributed by atoms with Gasteiger partial charge in [0.05, 0.1) is 0 Å². The van der Waals surface area contributed by atoms with Gasteiger partial charge in [0.2, 0.25) is 5.65 Å². The molecular formula is C13H19N5O. The fourth-order valence-electron chi connectivity index (χ4n) is 2.53. The molecule has 0 aromatic carbocycles. The zero-order chi connectivity index (χ0) is 13.2. The maximum absolute atomic E-state index is 9.07. The summed E-state index contributed by atoms with van der Waals surface area (Å²) in [6, 6.07) is 0.530. The zero-order valence-electron chi connectivity index (χ0n) is 11.2. The molecule has 1 saturated carbocycles. The van der Waals surface area contributed by atoms with Gasteiger partial charge in [-0.05, 0) is 32.6 Å². The van der Waals surface area contributed by atoms with Gasteiger partial charge in [0.25, 0.3) is 0 Å². The van der Waals surface area contributed by atoms with Crippen LogP contribution in [-0.4, -0.2) is 43.9 Å². The highest BCUT2D eigenvalue weighted by Gasteiger charge is 2.27. The molecule has 3 rings (SSSR count). The molecule has 6 nitrogen and oxygen atoms in total. The molecule has 0 spiro atoms. The number of fused-ring (bicyclic) bond motifs is 1. The molecular weight excluding hydrogens is 242 g/mol. The van der Waals surface area contributed by atoms with Gasteiger partial charge < -0.3 is 10.0 Å². The van der Waals surface area contributed by atoms with Gasteiger partial charge in [-0.15, -0.1) is 10.2 Å². The number of aliphatic hydroxyl groups excluding tert-OH is 1. The molecule has 19 heavy (non-hydrogen) atoms. The predicted octanol–water partition coefficient (Wildman–Crippen LogP) is 1.17. The van der Waals surface area contributed by atoms with E-state index in [1.165, 1.54) is 19.3 Å². The lowest BCUT2D eigenvalue weighted by Crippen LogP contribution is -2.42. The van der Waals surface area contributed by atoms with Crippen molar-refractivity contribution in [1.82, 2.24) is 19.6 Å². The first-order valence-electron chi connectivity index (χ1n) is 6.85. The third-order valence-corrected chi connectivity index (χ3v) is 3.82. The van der Waals surface area contributed by atoms with Crippen molar-refractivity contribution >= 4 is 11.5 Å². The minimum absolute atomic E-state index is 0.206. The van der Waals surface area contributed by atoms with Crippen molar-refractivity contribution in [3.8, 4) is 0 Å². The number of rotatable bonds is 5. The van der Waals surface area contributed by atoms with E-state index in [4.69, 9.17) is 5.11 Å². The fraction of sp³-hybridized carbons (Fsp3) is 0.615. The summed E-state index contributed by atoms with van der Waals surface area (Å²) in [6.45, 7) is 2.96. The number of hydrogen-bond donors (Lipinski definition) is 1. The Morgan fingerprint density at radius 1 is 1.42 bits per heavy atom. The highest BCUT2D eigenvalue weighted by molar-refractivity contribution is 5.64. The molecule has 1 N–H and O–H groups in total. The summed E-state index contributed by atoms with van der Waals surface area (Å²) in [5.41, 5.74) is 0.810. The minimum atomic E-state index is 0.206. The minimum Gasteiger partial charge on any atom is -0.396 e. The van der Waals surface area contributed by atoms with E-state index >= 15 is 0 Å². The van der Waals surface area contributed by atoms with Crippen LogP contribution in [0, 0.1) is 6.92 Å². The third-order valence-electron chi connectivity index (χ3n) is 3.82. The second-order valence-electron chi connectivity index (χ2n) is 5.05. The summed E-state index contributed by atoms with van der Waals surface area (Å²) in [5, 5.41) is 17.4. The van der Waals surface area contributed by atoms with Crippen LogP contribution in [0.4, 0.5) is 5.82 Å². The molecule has 0 atom stereocenters. The Bertz CT molecular complexity index is 563. The first kappa shape index (κ1) is 12.3. The van der Waals surface area contributed by atoms with Gasteiger partial charge in [-0.1, -0.05) is 0 Å². The number of hydrogen-bond acceptors (Lipinski definition) is 5. The summed E-state index contributed by atoms with van der Waals surface area (Å²) in [5.74, 6) is 1.76. The molecule has 2 heterocycles. The van der Waals surface area contributed by atoms with E-state index in [1.807, 2.05) is 17.5 Å². The molecule has 1 aliphatic rings. The van der Waals surface area contributed by atoms with Gasteiger partial charge in [-0.25, -0.2) is 4.98 Å². The van der Waals surface area contributed by atoms with Gasteiger partial charge in [-0.2, -0.15) is 0 Å². The Morgan fingerprint density at radius 3 is 2.95 bits per heavy atom. The normalized spacial score (nSPS) is 15.7. The smallest absolute Gasteiger partial charge is 0.203 e. The average molecular weight is 261 g/mol. The summed E-state index contributed by atoms with van der Waals surface area (Å²) in [4.78, 5) is 6.78. The largest absolute Gasteiger partial charge is 0.396 e. The van der Waals surface area contributed by atoms with Crippen molar-refractivity contribution in [1.29, 1.82) is 0 Å². The number of nitrogens with zero attached hydrogens (tertiary/aromatic N) is 5. The topological polar surface area (TPSA) is 66.5 Å². The van der Waals surface area contributed by atoms with E-state index in [1.54, 1.807) is 6.20 Å². The fourth-order valence-corrected chi connectivity index (χ4v) is 2.53. The van der Waals surface area contributed by atoms with E-state index in [0.29, 0.717) is 6.04 Å². The van der Waals surface area contributed by atoms with Gasteiger partial charge in [0.15, 0.2) is 5.82 Å². The van der Waals surface area contributed by atoms with Gasteiger partial charge in [0, 0.05) is 31.6 Å². The number of aliphatic hydroxyl groups is 1. The van der Waals surface area contributed by atoms with Crippen LogP contribution in [0.25, 0.3) is 5.65 Å². The standard InChI is InChI=1S/C13H19N5O/c1-10-15-16-13-12(14-6-8-17(10)13)18(7-3-9-19)11-4-2-5-11/h6,8,11,19H,2-5,7,9H2,1H3. The maximum atomic E-state index is 9.07. The van der Waals surface area contributed by atoms with Gasteiger partial charge in [-0.3, -0.25) is 4.40 Å². The van der Waals surface area contributed by atoms with E-state index in [0.717, 1.165) is 30.3 Å². The predicted molar refractivity (Wildman–Crippen MR) is 72.2 cm³/mol. The van der Waals surface area contributed by atoms with Crippen molar-refractivity contribution < 1.29 is 5.11 Å². The summed E-state index contributed by atoms with van der Waals surface area (Å²) in [6.07, 6.45) is 8.10. The Balaban J connectivity index is 1.98. The lowest BCUT2D eigenvalue weighted by Gasteiger charge is -2.38. The van der Waals surface area contributed by atoms with Crippen LogP contribution in [0.1, 0.15) is 31.5 Å². The second-order valence-corrected chi connectivity index (χ2v) is 5.05. The van der Waals surface area contributed by atoms with Crippen molar-refractivity contribution in [3.05, 3.63) is 18.2 Å². The number of anilines is 1. The van der Waals surface area contributed by atoms with Crippen LogP contribution in [0.15, 0.2) is 12.4 Å². The lowest BCUT2D eigenvalue weighted by molar-refractivity contribution is 0.282. The first-order chi connectivity index (χ1) is 9.31. The first-order valence-corrected chi connectivity index (χ1v) is 6.85. The van der Waals surface area contributed by atoms with E-state index < -0.39 is 0 Å². The number of aromatic nitrogens is 4. The van der Waals surface area contributed by atoms with E-state index in [-0.39, 0.29) is 6.61 Å². The lowest BCUT2D eigenvalue weighted by atomic mass is 9.91. The van der Waals surface area contributed by atoms with E-state index in [9.17, 15) is 0 Å². The molecule has 0 saturated heterocycles. The maximum Gasteiger partial charge on any atom is 0.203 e. The third kappa shape index (κ3) is 2.16. The van der Waals surface area contributed by atoms with Crippen LogP contribution >= 0.6 is 0 Å². The van der Waals surface area contributed by atoms with Gasteiger partial charge in [0.1, 0.15) is 5.82 Å². The van der Waals surface area contributed by atoms with Crippen LogP contribution in [0.2, 0.25) is 0 Å². The molecule has 102 valence electrons.